The molecule has 0 N–H and O–H groups in total. The molecule has 3 heterocycles. The first-order chi connectivity index (χ1) is 12.0. The fourth-order valence-corrected chi connectivity index (χ4v) is 3.42. The molecule has 1 amide bonds. The van der Waals surface area contributed by atoms with E-state index < -0.39 is 0 Å². The molecule has 7 nitrogen and oxygen atoms in total. The summed E-state index contributed by atoms with van der Waals surface area (Å²) in [6, 6.07) is 5.98. The van der Waals surface area contributed by atoms with Gasteiger partial charge in [-0.05, 0) is 45.4 Å². The molecule has 2 aromatic rings. The number of aryl methyl sites for hydroxylation is 2. The summed E-state index contributed by atoms with van der Waals surface area (Å²) < 4.78 is 1.96. The third-order valence-electron chi connectivity index (χ3n) is 4.66. The van der Waals surface area contributed by atoms with E-state index in [4.69, 9.17) is 0 Å². The summed E-state index contributed by atoms with van der Waals surface area (Å²) in [4.78, 5) is 16.9. The van der Waals surface area contributed by atoms with E-state index in [2.05, 4.69) is 27.1 Å². The molecule has 0 saturated carbocycles. The van der Waals surface area contributed by atoms with Crippen LogP contribution in [0.5, 0.6) is 0 Å². The van der Waals surface area contributed by atoms with E-state index >= 15 is 0 Å². The largest absolute Gasteiger partial charge is 0.353 e. The third kappa shape index (κ3) is 4.15. The van der Waals surface area contributed by atoms with Gasteiger partial charge in [0.05, 0.1) is 11.7 Å². The first-order valence-corrected chi connectivity index (χ1v) is 8.88. The Labute approximate surface area is 148 Å². The first kappa shape index (κ1) is 17.4. The number of nitrogens with zero attached hydrogens (tertiary/aromatic N) is 6. The molecular weight excluding hydrogens is 316 g/mol. The minimum atomic E-state index is 0.0700. The van der Waals surface area contributed by atoms with Crippen LogP contribution >= 0.6 is 0 Å². The molecule has 0 aliphatic carbocycles. The Kier molecular flexibility index (Phi) is 5.31. The molecule has 1 aliphatic rings. The van der Waals surface area contributed by atoms with Crippen molar-refractivity contribution < 1.29 is 4.79 Å². The van der Waals surface area contributed by atoms with Crippen LogP contribution in [-0.2, 0) is 4.79 Å². The van der Waals surface area contributed by atoms with Gasteiger partial charge >= 0.3 is 0 Å². The zero-order valence-electron chi connectivity index (χ0n) is 15.2. The molecule has 3 rings (SSSR count). The maximum absolute atomic E-state index is 12.7. The first-order valence-electron chi connectivity index (χ1n) is 8.88. The molecule has 1 aliphatic heterocycles. The van der Waals surface area contributed by atoms with Crippen LogP contribution in [0.1, 0.15) is 37.2 Å². The van der Waals surface area contributed by atoms with E-state index in [-0.39, 0.29) is 11.9 Å². The fourth-order valence-electron chi connectivity index (χ4n) is 3.42. The van der Waals surface area contributed by atoms with E-state index in [1.807, 2.05) is 41.6 Å². The van der Waals surface area contributed by atoms with Gasteiger partial charge in [-0.15, -0.1) is 5.10 Å². The Morgan fingerprint density at radius 3 is 2.76 bits per heavy atom. The zero-order chi connectivity index (χ0) is 17.8. The number of amides is 1. The summed E-state index contributed by atoms with van der Waals surface area (Å²) in [5, 5.41) is 12.6. The second kappa shape index (κ2) is 7.63. The van der Waals surface area contributed by atoms with Gasteiger partial charge in [0.1, 0.15) is 0 Å². The second-order valence-corrected chi connectivity index (χ2v) is 6.73. The molecule has 1 saturated heterocycles. The number of rotatable bonds is 4. The molecule has 0 spiro atoms. The number of hydrogen-bond acceptors (Lipinski definition) is 5. The predicted octanol–water partition coefficient (Wildman–Crippen LogP) is 1.98. The van der Waals surface area contributed by atoms with Crippen molar-refractivity contribution in [3.8, 4) is 0 Å². The zero-order valence-corrected chi connectivity index (χ0v) is 15.2. The smallest absolute Gasteiger partial charge is 0.224 e. The highest BCUT2D eigenvalue weighted by molar-refractivity contribution is 5.76. The van der Waals surface area contributed by atoms with Gasteiger partial charge in [-0.2, -0.15) is 10.2 Å². The van der Waals surface area contributed by atoms with E-state index in [9.17, 15) is 4.79 Å². The van der Waals surface area contributed by atoms with Crippen LogP contribution in [0.25, 0.3) is 0 Å². The van der Waals surface area contributed by atoms with Gasteiger partial charge in [0.25, 0.3) is 0 Å². The molecule has 134 valence electrons. The minimum Gasteiger partial charge on any atom is -0.353 e. The molecule has 0 unspecified atom stereocenters. The van der Waals surface area contributed by atoms with Crippen LogP contribution in [-0.4, -0.2) is 57.0 Å². The van der Waals surface area contributed by atoms with Crippen molar-refractivity contribution in [3.63, 3.8) is 0 Å². The highest BCUT2D eigenvalue weighted by Gasteiger charge is 2.22. The Hall–Kier alpha value is -2.44. The van der Waals surface area contributed by atoms with E-state index in [0.717, 1.165) is 49.8 Å². The van der Waals surface area contributed by atoms with Crippen LogP contribution in [0.3, 0.4) is 0 Å². The minimum absolute atomic E-state index is 0.0700. The van der Waals surface area contributed by atoms with Crippen molar-refractivity contribution in [2.45, 2.75) is 39.7 Å². The van der Waals surface area contributed by atoms with Gasteiger partial charge in [0, 0.05) is 44.5 Å². The average Bonchev–Trinajstić information content (AvgIpc) is 2.81. The highest BCUT2D eigenvalue weighted by Crippen LogP contribution is 2.17. The molecule has 0 aromatic carbocycles. The lowest BCUT2D eigenvalue weighted by atomic mass is 10.2. The highest BCUT2D eigenvalue weighted by atomic mass is 16.2. The molecule has 2 aromatic heterocycles. The van der Waals surface area contributed by atoms with Gasteiger partial charge in [-0.25, -0.2) is 0 Å². The monoisotopic (exact) mass is 342 g/mol. The molecule has 7 heteroatoms. The average molecular weight is 342 g/mol. The maximum Gasteiger partial charge on any atom is 0.224 e. The van der Waals surface area contributed by atoms with Crippen molar-refractivity contribution >= 4 is 11.7 Å². The van der Waals surface area contributed by atoms with Gasteiger partial charge < -0.3 is 9.80 Å². The van der Waals surface area contributed by atoms with Crippen LogP contribution in [0.4, 0.5) is 5.82 Å². The van der Waals surface area contributed by atoms with E-state index in [0.29, 0.717) is 6.42 Å². The van der Waals surface area contributed by atoms with Gasteiger partial charge in [0.15, 0.2) is 5.82 Å². The topological polar surface area (TPSA) is 67.2 Å². The summed E-state index contributed by atoms with van der Waals surface area (Å²) in [5.74, 6) is 1.08. The summed E-state index contributed by atoms with van der Waals surface area (Å²) >= 11 is 0. The lowest BCUT2D eigenvalue weighted by Crippen LogP contribution is -2.36. The molecule has 1 atom stereocenters. The molecule has 25 heavy (non-hydrogen) atoms. The van der Waals surface area contributed by atoms with Crippen molar-refractivity contribution in [1.29, 1.82) is 0 Å². The Bertz CT molecular complexity index is 714. The van der Waals surface area contributed by atoms with Gasteiger partial charge in [-0.1, -0.05) is 0 Å². The summed E-state index contributed by atoms with van der Waals surface area (Å²) in [7, 11) is 0. The maximum atomic E-state index is 12.7. The SMILES string of the molecule is Cc1cc(C)n([C@@H](C)CC(=O)N2CCCN(c3cccnn3)CC2)n1. The number of carbonyl (C=O) groups is 1. The number of anilines is 1. The van der Waals surface area contributed by atoms with Gasteiger partial charge in [0.2, 0.25) is 5.91 Å². The molecular formula is C18H26N6O. The molecule has 0 bridgehead atoms. The number of hydrogen-bond donors (Lipinski definition) is 0. The molecule has 1 fully saturated rings. The van der Waals surface area contributed by atoms with Crippen LogP contribution < -0.4 is 4.90 Å². The second-order valence-electron chi connectivity index (χ2n) is 6.73. The molecule has 0 radical (unpaired) electrons. The predicted molar refractivity (Wildman–Crippen MR) is 96.5 cm³/mol. The normalized spacial score (nSPS) is 16.6. The summed E-state index contributed by atoms with van der Waals surface area (Å²) in [5.41, 5.74) is 2.09. The van der Waals surface area contributed by atoms with Crippen LogP contribution in [0.15, 0.2) is 24.4 Å². The number of carbonyl (C=O) groups excluding carboxylic acids is 1. The van der Waals surface area contributed by atoms with Crippen molar-refractivity contribution in [1.82, 2.24) is 24.9 Å². The van der Waals surface area contributed by atoms with E-state index in [1.54, 1.807) is 6.20 Å². The van der Waals surface area contributed by atoms with Crippen molar-refractivity contribution in [2.24, 2.45) is 0 Å². The Balaban J connectivity index is 1.58. The van der Waals surface area contributed by atoms with E-state index in [1.165, 1.54) is 0 Å². The standard InChI is InChI=1S/C18H26N6O/c1-14-12-15(2)24(21-14)16(3)13-18(25)23-9-5-8-22(10-11-23)17-6-4-7-19-20-17/h4,6-7,12,16H,5,8-11,13H2,1-3H3/t16-/m0/s1. The lowest BCUT2D eigenvalue weighted by Gasteiger charge is -2.24. The Morgan fingerprint density at radius 2 is 2.08 bits per heavy atom. The summed E-state index contributed by atoms with van der Waals surface area (Å²) in [6.45, 7) is 9.27. The quantitative estimate of drug-likeness (QED) is 0.850. The fraction of sp³-hybridized carbons (Fsp3) is 0.556. The van der Waals surface area contributed by atoms with Gasteiger partial charge in [-0.3, -0.25) is 9.48 Å². The summed E-state index contributed by atoms with van der Waals surface area (Å²) in [6.07, 6.45) is 3.10. The van der Waals surface area contributed by atoms with Crippen LogP contribution in [0, 0.1) is 13.8 Å². The van der Waals surface area contributed by atoms with Crippen LogP contribution in [0.2, 0.25) is 0 Å². The third-order valence-corrected chi connectivity index (χ3v) is 4.66. The lowest BCUT2D eigenvalue weighted by molar-refractivity contribution is -0.131. The van der Waals surface area contributed by atoms with Crippen molar-refractivity contribution in [2.75, 3.05) is 31.1 Å². The van der Waals surface area contributed by atoms with Crippen molar-refractivity contribution in [3.05, 3.63) is 35.8 Å². The Morgan fingerprint density at radius 1 is 1.24 bits per heavy atom. The number of aromatic nitrogens is 4.